The molecular formula is C24H35N3O2. The molecule has 3 saturated carbocycles. The number of allylic oxidation sites excluding steroid dienone is 1. The molecule has 4 aliphatic carbocycles. The Morgan fingerprint density at radius 3 is 2.83 bits per heavy atom. The highest BCUT2D eigenvalue weighted by atomic mass is 16.3. The second kappa shape index (κ2) is 7.54. The summed E-state index contributed by atoms with van der Waals surface area (Å²) in [6.45, 7) is 6.96. The summed E-state index contributed by atoms with van der Waals surface area (Å²) in [6.07, 6.45) is 11.1. The van der Waals surface area contributed by atoms with Gasteiger partial charge in [-0.15, -0.1) is 0 Å². The summed E-state index contributed by atoms with van der Waals surface area (Å²) in [6, 6.07) is 1.87. The van der Waals surface area contributed by atoms with Gasteiger partial charge in [-0.2, -0.15) is 10.4 Å². The molecule has 7 atom stereocenters. The van der Waals surface area contributed by atoms with Gasteiger partial charge in [0.2, 0.25) is 0 Å². The molecule has 0 aromatic carbocycles. The smallest absolute Gasteiger partial charge is 0.254 e. The third-order valence-electron chi connectivity index (χ3n) is 9.18. The van der Waals surface area contributed by atoms with Crippen LogP contribution in [0.15, 0.2) is 16.8 Å². The molecule has 29 heavy (non-hydrogen) atoms. The molecule has 1 amide bonds. The normalized spacial score (nSPS) is 44.0. The number of hydrogen-bond acceptors (Lipinski definition) is 4. The Hall–Kier alpha value is -1.67. The highest BCUT2D eigenvalue weighted by molar-refractivity contribution is 5.87. The quantitative estimate of drug-likeness (QED) is 0.422. The number of carbonyl (C=O) groups is 1. The van der Waals surface area contributed by atoms with Crippen LogP contribution in [-0.4, -0.2) is 22.8 Å². The molecule has 0 aromatic heterocycles. The molecule has 0 saturated heterocycles. The van der Waals surface area contributed by atoms with Crippen molar-refractivity contribution in [1.82, 2.24) is 5.43 Å². The molecule has 3 fully saturated rings. The summed E-state index contributed by atoms with van der Waals surface area (Å²) in [5.41, 5.74) is 5.62. The van der Waals surface area contributed by atoms with Gasteiger partial charge in [0.1, 0.15) is 6.42 Å². The van der Waals surface area contributed by atoms with Gasteiger partial charge in [-0.25, -0.2) is 5.43 Å². The highest BCUT2D eigenvalue weighted by Gasteiger charge is 2.58. The molecule has 2 N–H and O–H groups in total. The van der Waals surface area contributed by atoms with Crippen LogP contribution >= 0.6 is 0 Å². The molecular weight excluding hydrogens is 362 g/mol. The SMILES string of the molecule is C/C(=N\NC(=O)CC#N)[C@H]1CC[C@H]2[C@@H]3CC=C4C[C@@H](O)CC[C@]4(C)[C@H]3CC[C@]12C. The molecule has 5 nitrogen and oxygen atoms in total. The fourth-order valence-electron chi connectivity index (χ4n) is 7.67. The van der Waals surface area contributed by atoms with Crippen molar-refractivity contribution in [2.24, 2.45) is 39.6 Å². The predicted octanol–water partition coefficient (Wildman–Crippen LogP) is 4.33. The summed E-state index contributed by atoms with van der Waals surface area (Å²) in [7, 11) is 0. The zero-order valence-corrected chi connectivity index (χ0v) is 18.1. The van der Waals surface area contributed by atoms with E-state index in [2.05, 4.69) is 30.5 Å². The van der Waals surface area contributed by atoms with Crippen LogP contribution in [0.25, 0.3) is 0 Å². The molecule has 0 aromatic rings. The molecule has 4 aliphatic rings. The number of aliphatic hydroxyl groups is 1. The average Bonchev–Trinajstić information content (AvgIpc) is 3.04. The number of aliphatic hydroxyl groups excluding tert-OH is 1. The van der Waals surface area contributed by atoms with E-state index in [4.69, 9.17) is 5.26 Å². The Labute approximate surface area is 174 Å². The molecule has 158 valence electrons. The number of nitriles is 1. The first-order chi connectivity index (χ1) is 13.8. The van der Waals surface area contributed by atoms with E-state index in [1.165, 1.54) is 24.8 Å². The summed E-state index contributed by atoms with van der Waals surface area (Å²) in [5.74, 6) is 2.24. The van der Waals surface area contributed by atoms with Gasteiger partial charge in [0.15, 0.2) is 0 Å². The monoisotopic (exact) mass is 397 g/mol. The molecule has 0 heterocycles. The number of hydrogen-bond donors (Lipinski definition) is 2. The number of amides is 1. The lowest BCUT2D eigenvalue weighted by Crippen LogP contribution is -2.51. The summed E-state index contributed by atoms with van der Waals surface area (Å²) in [5, 5.41) is 23.2. The van der Waals surface area contributed by atoms with E-state index in [9.17, 15) is 9.90 Å². The van der Waals surface area contributed by atoms with Crippen LogP contribution in [0.1, 0.15) is 78.6 Å². The van der Waals surface area contributed by atoms with Crippen LogP contribution in [0.5, 0.6) is 0 Å². The second-order valence-corrected chi connectivity index (χ2v) is 10.5. The van der Waals surface area contributed by atoms with Crippen molar-refractivity contribution in [1.29, 1.82) is 5.26 Å². The summed E-state index contributed by atoms with van der Waals surface area (Å²) < 4.78 is 0. The Kier molecular flexibility index (Phi) is 5.36. The van der Waals surface area contributed by atoms with Crippen LogP contribution < -0.4 is 5.43 Å². The second-order valence-electron chi connectivity index (χ2n) is 10.5. The molecule has 0 radical (unpaired) electrons. The number of hydrazone groups is 1. The average molecular weight is 398 g/mol. The molecule has 0 unspecified atom stereocenters. The zero-order valence-electron chi connectivity index (χ0n) is 18.1. The van der Waals surface area contributed by atoms with E-state index in [0.29, 0.717) is 11.8 Å². The third kappa shape index (κ3) is 3.34. The molecule has 0 bridgehead atoms. The van der Waals surface area contributed by atoms with Crippen molar-refractivity contribution >= 4 is 11.6 Å². The first-order valence-electron chi connectivity index (χ1n) is 11.4. The number of carbonyl (C=O) groups excluding carboxylic acids is 1. The van der Waals surface area contributed by atoms with Crippen LogP contribution in [0.3, 0.4) is 0 Å². The van der Waals surface area contributed by atoms with Gasteiger partial charge in [-0.05, 0) is 86.9 Å². The first-order valence-corrected chi connectivity index (χ1v) is 11.4. The molecule has 0 spiro atoms. The van der Waals surface area contributed by atoms with Crippen molar-refractivity contribution < 1.29 is 9.90 Å². The van der Waals surface area contributed by atoms with E-state index in [1.54, 1.807) is 0 Å². The van der Waals surface area contributed by atoms with Crippen LogP contribution in [0.2, 0.25) is 0 Å². The van der Waals surface area contributed by atoms with Crippen LogP contribution in [0, 0.1) is 45.8 Å². The minimum atomic E-state index is -0.326. The minimum absolute atomic E-state index is 0.146. The van der Waals surface area contributed by atoms with E-state index < -0.39 is 0 Å². The summed E-state index contributed by atoms with van der Waals surface area (Å²) in [4.78, 5) is 11.6. The van der Waals surface area contributed by atoms with Crippen molar-refractivity contribution in [3.63, 3.8) is 0 Å². The zero-order chi connectivity index (χ0) is 20.8. The maximum absolute atomic E-state index is 11.6. The number of nitrogens with one attached hydrogen (secondary N) is 1. The fourth-order valence-corrected chi connectivity index (χ4v) is 7.67. The Morgan fingerprint density at radius 2 is 2.07 bits per heavy atom. The van der Waals surface area contributed by atoms with Gasteiger partial charge in [0.05, 0.1) is 12.2 Å². The van der Waals surface area contributed by atoms with Gasteiger partial charge in [0.25, 0.3) is 5.91 Å². The van der Waals surface area contributed by atoms with E-state index in [0.717, 1.165) is 49.7 Å². The van der Waals surface area contributed by atoms with Crippen molar-refractivity contribution in [3.05, 3.63) is 11.6 Å². The standard InChI is InChI=1S/C24H35N3O2/c1-15(26-27-22(29)10-13-25)19-6-7-20-18-5-4-16-14-17(28)8-11-23(16,2)21(18)9-12-24(19,20)3/h4,17-21,28H,5-12,14H2,1-3H3,(H,27,29)/b26-15+/t17-,18-,19+,20-,21-,23-,24+/m0/s1. The van der Waals surface area contributed by atoms with Gasteiger partial charge >= 0.3 is 0 Å². The third-order valence-corrected chi connectivity index (χ3v) is 9.18. The van der Waals surface area contributed by atoms with E-state index in [-0.39, 0.29) is 29.3 Å². The summed E-state index contributed by atoms with van der Waals surface area (Å²) >= 11 is 0. The highest BCUT2D eigenvalue weighted by Crippen LogP contribution is 2.66. The fraction of sp³-hybridized carbons (Fsp3) is 0.792. The Balaban J connectivity index is 1.54. The topological polar surface area (TPSA) is 85.5 Å². The number of rotatable bonds is 3. The predicted molar refractivity (Wildman–Crippen MR) is 113 cm³/mol. The lowest BCUT2D eigenvalue weighted by atomic mass is 9.47. The van der Waals surface area contributed by atoms with Crippen molar-refractivity contribution in [2.45, 2.75) is 84.7 Å². The number of fused-ring (bicyclic) bond motifs is 5. The lowest BCUT2D eigenvalue weighted by molar-refractivity contribution is -0.120. The minimum Gasteiger partial charge on any atom is -0.393 e. The van der Waals surface area contributed by atoms with Crippen LogP contribution in [-0.2, 0) is 4.79 Å². The molecule has 4 rings (SSSR count). The maximum Gasteiger partial charge on any atom is 0.254 e. The molecule has 5 heteroatoms. The van der Waals surface area contributed by atoms with Gasteiger partial charge in [0, 0.05) is 11.6 Å². The van der Waals surface area contributed by atoms with Gasteiger partial charge in [-0.1, -0.05) is 25.5 Å². The first kappa shape index (κ1) is 20.6. The van der Waals surface area contributed by atoms with Gasteiger partial charge in [-0.3, -0.25) is 4.79 Å². The van der Waals surface area contributed by atoms with Crippen molar-refractivity contribution in [3.8, 4) is 6.07 Å². The van der Waals surface area contributed by atoms with Crippen molar-refractivity contribution in [2.75, 3.05) is 0 Å². The van der Waals surface area contributed by atoms with E-state index in [1.807, 2.05) is 13.0 Å². The largest absolute Gasteiger partial charge is 0.393 e. The van der Waals surface area contributed by atoms with E-state index >= 15 is 0 Å². The van der Waals surface area contributed by atoms with Gasteiger partial charge < -0.3 is 5.11 Å². The lowest BCUT2D eigenvalue weighted by Gasteiger charge is -2.58. The Morgan fingerprint density at radius 1 is 1.28 bits per heavy atom. The molecule has 0 aliphatic heterocycles. The maximum atomic E-state index is 11.6. The Bertz CT molecular complexity index is 781. The van der Waals surface area contributed by atoms with Crippen LogP contribution in [0.4, 0.5) is 0 Å². The number of nitrogens with zero attached hydrogens (tertiary/aromatic N) is 2.